The fourth-order valence-electron chi connectivity index (χ4n) is 2.72. The molecule has 1 N–H and O–H groups in total. The van der Waals surface area contributed by atoms with Crippen LogP contribution in [0.5, 0.6) is 0 Å². The highest BCUT2D eigenvalue weighted by molar-refractivity contribution is 5.84. The van der Waals surface area contributed by atoms with E-state index in [9.17, 15) is 4.79 Å². The summed E-state index contributed by atoms with van der Waals surface area (Å²) in [5.41, 5.74) is 0. The minimum atomic E-state index is 0.0888. The number of carbonyl (C=O) groups is 1. The van der Waals surface area contributed by atoms with Crippen molar-refractivity contribution in [3.8, 4) is 0 Å². The SMILES string of the molecule is CCCCC1NC(C)N(CCCC2CC2)C1=O. The van der Waals surface area contributed by atoms with Crippen molar-refractivity contribution in [3.05, 3.63) is 0 Å². The Labute approximate surface area is 105 Å². The first-order valence-corrected chi connectivity index (χ1v) is 7.29. The monoisotopic (exact) mass is 238 g/mol. The highest BCUT2D eigenvalue weighted by Crippen LogP contribution is 2.33. The molecule has 0 bridgehead atoms. The van der Waals surface area contributed by atoms with Crippen LogP contribution in [-0.2, 0) is 4.79 Å². The zero-order chi connectivity index (χ0) is 12.3. The average molecular weight is 238 g/mol. The van der Waals surface area contributed by atoms with E-state index in [4.69, 9.17) is 0 Å². The minimum Gasteiger partial charge on any atom is -0.326 e. The van der Waals surface area contributed by atoms with Gasteiger partial charge in [-0.3, -0.25) is 10.1 Å². The summed E-state index contributed by atoms with van der Waals surface area (Å²) in [5, 5.41) is 3.42. The van der Waals surface area contributed by atoms with Gasteiger partial charge < -0.3 is 4.90 Å². The van der Waals surface area contributed by atoms with Crippen LogP contribution >= 0.6 is 0 Å². The van der Waals surface area contributed by atoms with Crippen molar-refractivity contribution in [2.24, 2.45) is 5.92 Å². The second kappa shape index (κ2) is 5.85. The molecular formula is C14H26N2O. The van der Waals surface area contributed by atoms with Gasteiger partial charge in [0.15, 0.2) is 0 Å². The molecule has 2 aliphatic rings. The van der Waals surface area contributed by atoms with Crippen LogP contribution < -0.4 is 5.32 Å². The van der Waals surface area contributed by atoms with Gasteiger partial charge in [0.2, 0.25) is 5.91 Å². The molecule has 0 aromatic carbocycles. The Morgan fingerprint density at radius 3 is 2.71 bits per heavy atom. The number of nitrogens with zero attached hydrogens (tertiary/aromatic N) is 1. The van der Waals surface area contributed by atoms with E-state index in [0.29, 0.717) is 5.91 Å². The lowest BCUT2D eigenvalue weighted by atomic mass is 10.1. The molecule has 1 aliphatic heterocycles. The van der Waals surface area contributed by atoms with Crippen molar-refractivity contribution in [1.82, 2.24) is 10.2 Å². The molecule has 0 aromatic rings. The molecule has 2 atom stereocenters. The highest BCUT2D eigenvalue weighted by atomic mass is 16.2. The lowest BCUT2D eigenvalue weighted by Gasteiger charge is -2.20. The number of amides is 1. The third-order valence-corrected chi connectivity index (χ3v) is 4.05. The Balaban J connectivity index is 1.73. The first-order valence-electron chi connectivity index (χ1n) is 7.29. The maximum atomic E-state index is 12.2. The first kappa shape index (κ1) is 12.9. The molecule has 1 aliphatic carbocycles. The Kier molecular flexibility index (Phi) is 4.43. The van der Waals surface area contributed by atoms with Crippen LogP contribution in [0.4, 0.5) is 0 Å². The molecular weight excluding hydrogens is 212 g/mol. The summed E-state index contributed by atoms with van der Waals surface area (Å²) in [5.74, 6) is 1.31. The summed E-state index contributed by atoms with van der Waals surface area (Å²) >= 11 is 0. The van der Waals surface area contributed by atoms with Crippen LogP contribution in [0.1, 0.15) is 58.8 Å². The van der Waals surface area contributed by atoms with Gasteiger partial charge in [-0.1, -0.05) is 32.6 Å². The van der Waals surface area contributed by atoms with E-state index in [1.54, 1.807) is 0 Å². The number of carbonyl (C=O) groups excluding carboxylic acids is 1. The zero-order valence-corrected chi connectivity index (χ0v) is 11.2. The number of hydrogen-bond acceptors (Lipinski definition) is 2. The molecule has 3 nitrogen and oxygen atoms in total. The molecule has 1 amide bonds. The molecule has 3 heteroatoms. The summed E-state index contributed by atoms with van der Waals surface area (Å²) in [7, 11) is 0. The highest BCUT2D eigenvalue weighted by Gasteiger charge is 2.35. The Morgan fingerprint density at radius 1 is 1.29 bits per heavy atom. The van der Waals surface area contributed by atoms with E-state index in [2.05, 4.69) is 19.2 Å². The van der Waals surface area contributed by atoms with Crippen molar-refractivity contribution in [3.63, 3.8) is 0 Å². The summed E-state index contributed by atoms with van der Waals surface area (Å²) in [6.07, 6.45) is 8.89. The maximum Gasteiger partial charge on any atom is 0.241 e. The van der Waals surface area contributed by atoms with Crippen LogP contribution in [0.15, 0.2) is 0 Å². The van der Waals surface area contributed by atoms with Crippen LogP contribution in [0.25, 0.3) is 0 Å². The van der Waals surface area contributed by atoms with Gasteiger partial charge in [-0.25, -0.2) is 0 Å². The Hall–Kier alpha value is -0.570. The van der Waals surface area contributed by atoms with Crippen LogP contribution in [0, 0.1) is 5.92 Å². The van der Waals surface area contributed by atoms with Gasteiger partial charge in [-0.15, -0.1) is 0 Å². The fourth-order valence-corrected chi connectivity index (χ4v) is 2.72. The normalized spacial score (nSPS) is 29.1. The van der Waals surface area contributed by atoms with Gasteiger partial charge in [0.1, 0.15) is 0 Å². The van der Waals surface area contributed by atoms with E-state index in [1.165, 1.54) is 32.1 Å². The average Bonchev–Trinajstić information content (AvgIpc) is 3.08. The van der Waals surface area contributed by atoms with Crippen molar-refractivity contribution in [1.29, 1.82) is 0 Å². The molecule has 2 unspecified atom stereocenters. The van der Waals surface area contributed by atoms with Gasteiger partial charge >= 0.3 is 0 Å². The maximum absolute atomic E-state index is 12.2. The topological polar surface area (TPSA) is 32.3 Å². The fraction of sp³-hybridized carbons (Fsp3) is 0.929. The molecule has 17 heavy (non-hydrogen) atoms. The Morgan fingerprint density at radius 2 is 2.06 bits per heavy atom. The van der Waals surface area contributed by atoms with Crippen molar-refractivity contribution < 1.29 is 4.79 Å². The third kappa shape index (κ3) is 3.44. The molecule has 98 valence electrons. The summed E-state index contributed by atoms with van der Waals surface area (Å²) < 4.78 is 0. The zero-order valence-electron chi connectivity index (χ0n) is 11.2. The standard InChI is InChI=1S/C14H26N2O/c1-3-4-7-13-14(17)16(11(2)15-13)10-5-6-12-8-9-12/h11-13,15H,3-10H2,1-2H3. The van der Waals surface area contributed by atoms with E-state index in [0.717, 1.165) is 25.3 Å². The molecule has 0 aromatic heterocycles. The molecule has 2 fully saturated rings. The van der Waals surface area contributed by atoms with Gasteiger partial charge in [0.05, 0.1) is 12.2 Å². The van der Waals surface area contributed by atoms with Gasteiger partial charge in [-0.2, -0.15) is 0 Å². The van der Waals surface area contributed by atoms with Crippen LogP contribution in [0.3, 0.4) is 0 Å². The second-order valence-electron chi connectivity index (χ2n) is 5.65. The smallest absolute Gasteiger partial charge is 0.241 e. The van der Waals surface area contributed by atoms with Crippen LogP contribution in [0.2, 0.25) is 0 Å². The number of rotatable bonds is 7. The summed E-state index contributed by atoms with van der Waals surface area (Å²) in [4.78, 5) is 14.2. The molecule has 0 spiro atoms. The predicted molar refractivity (Wildman–Crippen MR) is 69.6 cm³/mol. The van der Waals surface area contributed by atoms with Gasteiger partial charge in [0, 0.05) is 6.54 Å². The van der Waals surface area contributed by atoms with Gasteiger partial charge in [0.25, 0.3) is 0 Å². The van der Waals surface area contributed by atoms with Crippen molar-refractivity contribution in [2.45, 2.75) is 71.0 Å². The van der Waals surface area contributed by atoms with E-state index >= 15 is 0 Å². The van der Waals surface area contributed by atoms with E-state index < -0.39 is 0 Å². The third-order valence-electron chi connectivity index (χ3n) is 4.05. The molecule has 2 rings (SSSR count). The number of unbranched alkanes of at least 4 members (excludes halogenated alkanes) is 1. The Bertz CT molecular complexity index is 263. The summed E-state index contributed by atoms with van der Waals surface area (Å²) in [6, 6.07) is 0.0888. The molecule has 0 radical (unpaired) electrons. The van der Waals surface area contributed by atoms with Crippen LogP contribution in [-0.4, -0.2) is 29.6 Å². The second-order valence-corrected chi connectivity index (χ2v) is 5.65. The largest absolute Gasteiger partial charge is 0.326 e. The quantitative estimate of drug-likeness (QED) is 0.739. The minimum absolute atomic E-state index is 0.0888. The van der Waals surface area contributed by atoms with E-state index in [-0.39, 0.29) is 12.2 Å². The molecule has 1 heterocycles. The lowest BCUT2D eigenvalue weighted by Crippen LogP contribution is -2.35. The predicted octanol–water partition coefficient (Wildman–Crippen LogP) is 2.51. The lowest BCUT2D eigenvalue weighted by molar-refractivity contribution is -0.130. The van der Waals surface area contributed by atoms with Gasteiger partial charge in [-0.05, 0) is 32.1 Å². The molecule has 1 saturated heterocycles. The summed E-state index contributed by atoms with van der Waals surface area (Å²) in [6.45, 7) is 5.24. The van der Waals surface area contributed by atoms with E-state index in [1.807, 2.05) is 4.90 Å². The molecule has 1 saturated carbocycles. The van der Waals surface area contributed by atoms with Crippen molar-refractivity contribution >= 4 is 5.91 Å². The first-order chi connectivity index (χ1) is 8.22. The number of nitrogens with one attached hydrogen (secondary N) is 1. The van der Waals surface area contributed by atoms with Crippen molar-refractivity contribution in [2.75, 3.05) is 6.54 Å². The number of hydrogen-bond donors (Lipinski definition) is 1.